The van der Waals surface area contributed by atoms with Crippen LogP contribution in [0.2, 0.25) is 0 Å². The van der Waals surface area contributed by atoms with Gasteiger partial charge in [0.25, 0.3) is 0 Å². The Kier molecular flexibility index (Phi) is 5.05. The minimum Gasteiger partial charge on any atom is -0.385 e. The van der Waals surface area contributed by atoms with E-state index in [0.717, 1.165) is 38.3 Å². The molecule has 1 aliphatic heterocycles. The van der Waals surface area contributed by atoms with Crippen molar-refractivity contribution in [1.82, 2.24) is 24.6 Å². The topological polar surface area (TPSA) is 57.4 Å². The Morgan fingerprint density at radius 3 is 2.78 bits per heavy atom. The third-order valence-electron chi connectivity index (χ3n) is 4.15. The van der Waals surface area contributed by atoms with Crippen molar-refractivity contribution < 1.29 is 5.11 Å². The molecular formula is C17H25N5O. The molecule has 1 N–H and O–H groups in total. The van der Waals surface area contributed by atoms with Crippen LogP contribution in [0.15, 0.2) is 30.6 Å². The predicted octanol–water partition coefficient (Wildman–Crippen LogP) is 1.28. The molecule has 0 amide bonds. The summed E-state index contributed by atoms with van der Waals surface area (Å²) in [4.78, 5) is 8.48. The molecule has 2 aromatic rings. The van der Waals surface area contributed by atoms with E-state index in [4.69, 9.17) is 0 Å². The van der Waals surface area contributed by atoms with Crippen LogP contribution in [-0.2, 0) is 19.6 Å². The van der Waals surface area contributed by atoms with Gasteiger partial charge >= 0.3 is 0 Å². The van der Waals surface area contributed by atoms with Gasteiger partial charge in [-0.25, -0.2) is 0 Å². The summed E-state index contributed by atoms with van der Waals surface area (Å²) >= 11 is 0. The maximum Gasteiger partial charge on any atom is 0.110 e. The van der Waals surface area contributed by atoms with Crippen molar-refractivity contribution in [2.75, 3.05) is 27.2 Å². The van der Waals surface area contributed by atoms with Crippen LogP contribution < -0.4 is 0 Å². The van der Waals surface area contributed by atoms with Crippen LogP contribution in [0.25, 0.3) is 0 Å². The molecule has 0 saturated heterocycles. The first-order valence-corrected chi connectivity index (χ1v) is 8.12. The van der Waals surface area contributed by atoms with E-state index in [1.54, 1.807) is 0 Å². The lowest BCUT2D eigenvalue weighted by Gasteiger charge is -2.19. The average Bonchev–Trinajstić information content (AvgIpc) is 2.82. The molecule has 0 saturated carbocycles. The first-order valence-electron chi connectivity index (χ1n) is 8.12. The number of aromatic nitrogens is 3. The van der Waals surface area contributed by atoms with Crippen molar-refractivity contribution in [2.45, 2.75) is 32.2 Å². The Morgan fingerprint density at radius 1 is 1.26 bits per heavy atom. The van der Waals surface area contributed by atoms with E-state index in [-0.39, 0.29) is 0 Å². The standard InChI is InChI=1S/C17H25N5O/c1-20(2)13-17(23)16-10-15-12-21(8-3-9-22(15)19-16)11-14-4-6-18-7-5-14/h4-7,10,17,23H,3,8-9,11-13H2,1-2H3/t17-/m1/s1. The lowest BCUT2D eigenvalue weighted by atomic mass is 10.2. The highest BCUT2D eigenvalue weighted by Gasteiger charge is 2.20. The predicted molar refractivity (Wildman–Crippen MR) is 88.7 cm³/mol. The van der Waals surface area contributed by atoms with Crippen molar-refractivity contribution in [3.05, 3.63) is 47.5 Å². The fourth-order valence-electron chi connectivity index (χ4n) is 3.03. The van der Waals surface area contributed by atoms with Crippen LogP contribution in [0, 0.1) is 0 Å². The number of aliphatic hydroxyl groups is 1. The fourth-order valence-corrected chi connectivity index (χ4v) is 3.03. The third-order valence-corrected chi connectivity index (χ3v) is 4.15. The quantitative estimate of drug-likeness (QED) is 0.901. The fraction of sp³-hybridized carbons (Fsp3) is 0.529. The minimum atomic E-state index is -0.530. The van der Waals surface area contributed by atoms with Gasteiger partial charge < -0.3 is 10.0 Å². The Labute approximate surface area is 137 Å². The van der Waals surface area contributed by atoms with Crippen LogP contribution in [0.1, 0.15) is 29.5 Å². The maximum atomic E-state index is 10.3. The molecule has 0 radical (unpaired) electrons. The van der Waals surface area contributed by atoms with Crippen LogP contribution >= 0.6 is 0 Å². The van der Waals surface area contributed by atoms with Crippen LogP contribution in [-0.4, -0.2) is 56.9 Å². The van der Waals surface area contributed by atoms with Crippen molar-refractivity contribution in [3.8, 4) is 0 Å². The van der Waals surface area contributed by atoms with Gasteiger partial charge in [-0.1, -0.05) is 0 Å². The Balaban J connectivity index is 1.71. The molecule has 124 valence electrons. The summed E-state index contributed by atoms with van der Waals surface area (Å²) < 4.78 is 2.06. The molecular weight excluding hydrogens is 290 g/mol. The molecule has 0 bridgehead atoms. The monoisotopic (exact) mass is 315 g/mol. The zero-order valence-corrected chi connectivity index (χ0v) is 13.9. The molecule has 0 fully saturated rings. The lowest BCUT2D eigenvalue weighted by Crippen LogP contribution is -2.23. The van der Waals surface area contributed by atoms with Crippen molar-refractivity contribution in [1.29, 1.82) is 0 Å². The molecule has 6 nitrogen and oxygen atoms in total. The average molecular weight is 315 g/mol. The summed E-state index contributed by atoms with van der Waals surface area (Å²) in [5.41, 5.74) is 3.24. The molecule has 1 atom stereocenters. The zero-order valence-electron chi connectivity index (χ0n) is 13.9. The van der Waals surface area contributed by atoms with Gasteiger partial charge in [0.1, 0.15) is 6.10 Å². The molecule has 1 aliphatic rings. The van der Waals surface area contributed by atoms with E-state index in [2.05, 4.69) is 37.9 Å². The third kappa shape index (κ3) is 4.16. The van der Waals surface area contributed by atoms with Gasteiger partial charge in [0, 0.05) is 45.1 Å². The first kappa shape index (κ1) is 16.1. The second-order valence-corrected chi connectivity index (χ2v) is 6.48. The lowest BCUT2D eigenvalue weighted by molar-refractivity contribution is 0.133. The number of pyridine rings is 1. The highest BCUT2D eigenvalue weighted by molar-refractivity contribution is 5.15. The maximum absolute atomic E-state index is 10.3. The van der Waals surface area contributed by atoms with Gasteiger partial charge in [0.2, 0.25) is 0 Å². The highest BCUT2D eigenvalue weighted by atomic mass is 16.3. The van der Waals surface area contributed by atoms with E-state index >= 15 is 0 Å². The van der Waals surface area contributed by atoms with E-state index in [0.29, 0.717) is 6.54 Å². The number of rotatable bonds is 5. The zero-order chi connectivity index (χ0) is 16.2. The van der Waals surface area contributed by atoms with Crippen LogP contribution in [0.5, 0.6) is 0 Å². The largest absolute Gasteiger partial charge is 0.385 e. The summed E-state index contributed by atoms with van der Waals surface area (Å²) in [5, 5.41) is 14.9. The molecule has 0 aromatic carbocycles. The number of likely N-dealkylation sites (N-methyl/N-ethyl adjacent to an activating group) is 1. The van der Waals surface area contributed by atoms with E-state index in [1.807, 2.05) is 31.4 Å². The number of fused-ring (bicyclic) bond motifs is 1. The number of aryl methyl sites for hydroxylation is 1. The molecule has 0 spiro atoms. The molecule has 2 aromatic heterocycles. The first-order chi connectivity index (χ1) is 11.1. The van der Waals surface area contributed by atoms with E-state index in [9.17, 15) is 5.11 Å². The van der Waals surface area contributed by atoms with Gasteiger partial charge in [0.05, 0.1) is 11.4 Å². The summed E-state index contributed by atoms with van der Waals surface area (Å²) in [5.74, 6) is 0. The number of nitrogens with zero attached hydrogens (tertiary/aromatic N) is 5. The normalized spacial score (nSPS) is 17.0. The SMILES string of the molecule is CN(C)C[C@@H](O)c1cc2n(n1)CCCN(Cc1ccncc1)C2. The van der Waals surface area contributed by atoms with Gasteiger partial charge in [-0.15, -0.1) is 0 Å². The van der Waals surface area contributed by atoms with Gasteiger partial charge in [-0.3, -0.25) is 14.6 Å². The minimum absolute atomic E-state index is 0.530. The second kappa shape index (κ2) is 7.21. The van der Waals surface area contributed by atoms with Crippen LogP contribution in [0.3, 0.4) is 0 Å². The highest BCUT2D eigenvalue weighted by Crippen LogP contribution is 2.19. The molecule has 3 heterocycles. The number of hydrogen-bond donors (Lipinski definition) is 1. The summed E-state index contributed by atoms with van der Waals surface area (Å²) in [6.07, 6.45) is 4.22. The van der Waals surface area contributed by atoms with Gasteiger partial charge in [-0.05, 0) is 44.3 Å². The number of hydrogen-bond acceptors (Lipinski definition) is 5. The summed E-state index contributed by atoms with van der Waals surface area (Å²) in [6, 6.07) is 6.18. The molecule has 0 unspecified atom stereocenters. The van der Waals surface area contributed by atoms with Crippen molar-refractivity contribution >= 4 is 0 Å². The Bertz CT molecular complexity index is 625. The summed E-state index contributed by atoms with van der Waals surface area (Å²) in [7, 11) is 3.92. The van der Waals surface area contributed by atoms with E-state index < -0.39 is 6.10 Å². The van der Waals surface area contributed by atoms with Crippen LogP contribution in [0.4, 0.5) is 0 Å². The molecule has 23 heavy (non-hydrogen) atoms. The Hall–Kier alpha value is -1.76. The molecule has 0 aliphatic carbocycles. The van der Waals surface area contributed by atoms with Gasteiger partial charge in [-0.2, -0.15) is 5.10 Å². The summed E-state index contributed by atoms with van der Waals surface area (Å²) in [6.45, 7) is 4.35. The van der Waals surface area contributed by atoms with Gasteiger partial charge in [0.15, 0.2) is 0 Å². The smallest absolute Gasteiger partial charge is 0.110 e. The van der Waals surface area contributed by atoms with E-state index in [1.165, 1.54) is 11.3 Å². The second-order valence-electron chi connectivity index (χ2n) is 6.48. The molecule has 6 heteroatoms. The molecule has 3 rings (SSSR count). The number of aliphatic hydroxyl groups excluding tert-OH is 1. The van der Waals surface area contributed by atoms with Crippen molar-refractivity contribution in [3.63, 3.8) is 0 Å². The van der Waals surface area contributed by atoms with Crippen molar-refractivity contribution in [2.24, 2.45) is 0 Å². The Morgan fingerprint density at radius 2 is 2.04 bits per heavy atom.